The Morgan fingerprint density at radius 3 is 2.58 bits per heavy atom. The normalized spacial score (nSPS) is 14.4. The summed E-state index contributed by atoms with van der Waals surface area (Å²) >= 11 is 6.09. The van der Waals surface area contributed by atoms with Crippen LogP contribution in [0, 0.1) is 0 Å². The molecule has 4 aromatic rings. The Balaban J connectivity index is 1.46. The van der Waals surface area contributed by atoms with Crippen LogP contribution in [0.5, 0.6) is 5.88 Å². The second-order valence-corrected chi connectivity index (χ2v) is 11.3. The van der Waals surface area contributed by atoms with Crippen molar-refractivity contribution in [1.82, 2.24) is 19.9 Å². The van der Waals surface area contributed by atoms with Crippen molar-refractivity contribution < 1.29 is 13.2 Å². The monoisotopic (exact) mass is 552 g/mol. The molecule has 0 atom stereocenters. The zero-order valence-corrected chi connectivity index (χ0v) is 22.8. The Kier molecular flexibility index (Phi) is 7.62. The maximum atomic E-state index is 12.9. The van der Waals surface area contributed by atoms with Crippen molar-refractivity contribution in [2.24, 2.45) is 0 Å². The first-order valence-corrected chi connectivity index (χ1v) is 14.5. The standard InChI is InChI=1S/C27H29ClN6O3S/c1-3-17-15-21(31-22-16-29-27(33-25(17)22)30-18-9-5-4-6-10-18)19-13-14-24(32-26(19)37-2)34-38(35,36)23-12-8-7-11-20(23)28/h7-8,11-16,18H,3-6,9-10H2,1-2H3,(H,32,34)(H,29,30,33). The molecule has 1 aliphatic carbocycles. The highest BCUT2D eigenvalue weighted by Crippen LogP contribution is 2.32. The lowest BCUT2D eigenvalue weighted by molar-refractivity contribution is 0.400. The zero-order chi connectivity index (χ0) is 26.7. The lowest BCUT2D eigenvalue weighted by atomic mass is 9.96. The highest BCUT2D eigenvalue weighted by atomic mass is 35.5. The molecule has 3 heterocycles. The number of hydrogen-bond donors (Lipinski definition) is 2. The molecular formula is C27H29ClN6O3S. The molecule has 5 rings (SSSR count). The Labute approximate surface area is 227 Å². The number of hydrogen-bond acceptors (Lipinski definition) is 8. The molecule has 0 spiro atoms. The number of rotatable bonds is 8. The molecule has 11 heteroatoms. The second-order valence-electron chi connectivity index (χ2n) is 9.22. The third kappa shape index (κ3) is 5.51. The topological polar surface area (TPSA) is 119 Å². The van der Waals surface area contributed by atoms with Gasteiger partial charge in [-0.05, 0) is 55.2 Å². The van der Waals surface area contributed by atoms with Gasteiger partial charge in [-0.15, -0.1) is 0 Å². The fourth-order valence-corrected chi connectivity index (χ4v) is 6.22. The van der Waals surface area contributed by atoms with E-state index < -0.39 is 10.0 Å². The zero-order valence-electron chi connectivity index (χ0n) is 21.2. The first-order valence-electron chi connectivity index (χ1n) is 12.6. The van der Waals surface area contributed by atoms with Crippen LogP contribution >= 0.6 is 11.6 Å². The fourth-order valence-electron chi connectivity index (χ4n) is 4.70. The number of pyridine rings is 2. The van der Waals surface area contributed by atoms with Gasteiger partial charge >= 0.3 is 0 Å². The molecule has 1 fully saturated rings. The van der Waals surface area contributed by atoms with Gasteiger partial charge in [0.25, 0.3) is 10.0 Å². The molecular weight excluding hydrogens is 524 g/mol. The van der Waals surface area contributed by atoms with Crippen molar-refractivity contribution in [3.05, 3.63) is 59.2 Å². The van der Waals surface area contributed by atoms with E-state index in [4.69, 9.17) is 26.3 Å². The van der Waals surface area contributed by atoms with Crippen LogP contribution in [0.2, 0.25) is 5.02 Å². The van der Waals surface area contributed by atoms with Crippen molar-refractivity contribution in [1.29, 1.82) is 0 Å². The summed E-state index contributed by atoms with van der Waals surface area (Å²) in [5.74, 6) is 0.960. The molecule has 1 aliphatic rings. The highest BCUT2D eigenvalue weighted by Gasteiger charge is 2.21. The summed E-state index contributed by atoms with van der Waals surface area (Å²) in [4.78, 5) is 18.5. The van der Waals surface area contributed by atoms with Crippen LogP contribution in [0.3, 0.4) is 0 Å². The molecule has 0 aliphatic heterocycles. The molecule has 1 saturated carbocycles. The van der Waals surface area contributed by atoms with E-state index in [1.54, 1.807) is 30.5 Å². The van der Waals surface area contributed by atoms with E-state index in [2.05, 4.69) is 26.9 Å². The Hall–Kier alpha value is -3.50. The smallest absolute Gasteiger partial charge is 0.264 e. The van der Waals surface area contributed by atoms with Gasteiger partial charge in [-0.1, -0.05) is 49.9 Å². The first-order chi connectivity index (χ1) is 18.4. The number of fused-ring (bicyclic) bond motifs is 1. The molecule has 2 N–H and O–H groups in total. The number of methoxy groups -OCH3 is 1. The van der Waals surface area contributed by atoms with Crippen molar-refractivity contribution in [2.45, 2.75) is 56.4 Å². The van der Waals surface area contributed by atoms with Crippen LogP contribution in [0.15, 0.2) is 53.6 Å². The van der Waals surface area contributed by atoms with Crippen molar-refractivity contribution >= 4 is 44.4 Å². The summed E-state index contributed by atoms with van der Waals surface area (Å²) in [7, 11) is -2.46. The van der Waals surface area contributed by atoms with Crippen LogP contribution in [-0.4, -0.2) is 41.5 Å². The highest BCUT2D eigenvalue weighted by molar-refractivity contribution is 7.92. The fraction of sp³-hybridized carbons (Fsp3) is 0.333. The number of benzene rings is 1. The number of ether oxygens (including phenoxy) is 1. The van der Waals surface area contributed by atoms with Crippen LogP contribution in [-0.2, 0) is 16.4 Å². The Bertz CT molecular complexity index is 1570. The summed E-state index contributed by atoms with van der Waals surface area (Å²) in [6.45, 7) is 2.07. The number of anilines is 2. The van der Waals surface area contributed by atoms with Gasteiger partial charge in [0.05, 0.1) is 35.1 Å². The van der Waals surface area contributed by atoms with Gasteiger partial charge in [-0.25, -0.2) is 23.4 Å². The SMILES string of the molecule is CCc1cc(-c2ccc(NS(=O)(=O)c3ccccc3Cl)nc2OC)nc2cnc(NC3CCCCC3)nc12. The lowest BCUT2D eigenvalue weighted by Crippen LogP contribution is -2.23. The van der Waals surface area contributed by atoms with Gasteiger partial charge in [0, 0.05) is 6.04 Å². The van der Waals surface area contributed by atoms with Gasteiger partial charge < -0.3 is 10.1 Å². The van der Waals surface area contributed by atoms with Gasteiger partial charge in [-0.2, -0.15) is 4.98 Å². The van der Waals surface area contributed by atoms with Crippen molar-refractivity contribution in [2.75, 3.05) is 17.1 Å². The molecule has 0 radical (unpaired) electrons. The van der Waals surface area contributed by atoms with E-state index in [0.717, 1.165) is 30.3 Å². The molecule has 3 aromatic heterocycles. The quantitative estimate of drug-likeness (QED) is 0.279. The third-order valence-electron chi connectivity index (χ3n) is 6.64. The molecule has 0 saturated heterocycles. The van der Waals surface area contributed by atoms with Gasteiger partial charge in [0.2, 0.25) is 11.8 Å². The summed E-state index contributed by atoms with van der Waals surface area (Å²) in [5, 5.41) is 3.61. The molecule has 0 unspecified atom stereocenters. The van der Waals surface area contributed by atoms with Crippen molar-refractivity contribution in [3.63, 3.8) is 0 Å². The number of nitrogens with zero attached hydrogens (tertiary/aromatic N) is 4. The first kappa shape index (κ1) is 26.1. The molecule has 0 bridgehead atoms. The van der Waals surface area contributed by atoms with Crippen molar-refractivity contribution in [3.8, 4) is 17.1 Å². The Morgan fingerprint density at radius 1 is 1.05 bits per heavy atom. The van der Waals surface area contributed by atoms with Gasteiger partial charge in [0.1, 0.15) is 16.2 Å². The van der Waals surface area contributed by atoms with E-state index >= 15 is 0 Å². The third-order valence-corrected chi connectivity index (χ3v) is 8.49. The van der Waals surface area contributed by atoms with Crippen LogP contribution in [0.1, 0.15) is 44.6 Å². The summed E-state index contributed by atoms with van der Waals surface area (Å²) < 4.78 is 33.7. The van der Waals surface area contributed by atoms with Crippen LogP contribution < -0.4 is 14.8 Å². The van der Waals surface area contributed by atoms with E-state index in [1.807, 2.05) is 6.07 Å². The second kappa shape index (κ2) is 11.1. The average molecular weight is 553 g/mol. The van der Waals surface area contributed by atoms with E-state index in [9.17, 15) is 8.42 Å². The van der Waals surface area contributed by atoms with Gasteiger partial charge in [-0.3, -0.25) is 4.72 Å². The van der Waals surface area contributed by atoms with Crippen LogP contribution in [0.25, 0.3) is 22.3 Å². The van der Waals surface area contributed by atoms with Crippen LogP contribution in [0.4, 0.5) is 11.8 Å². The summed E-state index contributed by atoms with van der Waals surface area (Å²) in [5.41, 5.74) is 3.74. The van der Waals surface area contributed by atoms with E-state index in [0.29, 0.717) is 28.8 Å². The largest absolute Gasteiger partial charge is 0.480 e. The Morgan fingerprint density at radius 2 is 1.84 bits per heavy atom. The average Bonchev–Trinajstić information content (AvgIpc) is 2.93. The number of sulfonamides is 1. The van der Waals surface area contributed by atoms with E-state index in [-0.39, 0.29) is 21.6 Å². The predicted molar refractivity (Wildman–Crippen MR) is 149 cm³/mol. The maximum Gasteiger partial charge on any atom is 0.264 e. The number of aromatic nitrogens is 4. The van der Waals surface area contributed by atoms with Gasteiger partial charge in [0.15, 0.2) is 0 Å². The predicted octanol–water partition coefficient (Wildman–Crippen LogP) is 5.86. The minimum absolute atomic E-state index is 0.0346. The number of halogens is 1. The molecule has 1 aromatic carbocycles. The summed E-state index contributed by atoms with van der Waals surface area (Å²) in [6.07, 6.45) is 8.50. The summed E-state index contributed by atoms with van der Waals surface area (Å²) in [6, 6.07) is 11.9. The number of aryl methyl sites for hydroxylation is 1. The lowest BCUT2D eigenvalue weighted by Gasteiger charge is -2.22. The minimum Gasteiger partial charge on any atom is -0.480 e. The minimum atomic E-state index is -3.94. The molecule has 38 heavy (non-hydrogen) atoms. The van der Waals surface area contributed by atoms with E-state index in [1.165, 1.54) is 38.5 Å². The molecule has 198 valence electrons. The maximum absolute atomic E-state index is 12.9. The molecule has 0 amide bonds. The molecule has 9 nitrogen and oxygen atoms in total. The number of nitrogens with one attached hydrogen (secondary N) is 2.